The Labute approximate surface area is 111 Å². The molecule has 0 fully saturated rings. The van der Waals surface area contributed by atoms with E-state index in [1.165, 1.54) is 18.2 Å². The van der Waals surface area contributed by atoms with E-state index in [-0.39, 0.29) is 5.75 Å². The van der Waals surface area contributed by atoms with Gasteiger partial charge in [0.1, 0.15) is 5.75 Å². The van der Waals surface area contributed by atoms with Crippen LogP contribution in [0.1, 0.15) is 25.0 Å². The minimum absolute atomic E-state index is 0.202. The van der Waals surface area contributed by atoms with E-state index in [9.17, 15) is 13.2 Å². The van der Waals surface area contributed by atoms with Crippen molar-refractivity contribution in [3.05, 3.63) is 35.9 Å². The van der Waals surface area contributed by atoms with Crippen molar-refractivity contribution < 1.29 is 17.9 Å². The van der Waals surface area contributed by atoms with Crippen LogP contribution in [-0.4, -0.2) is 24.4 Å². The highest BCUT2D eigenvalue weighted by Crippen LogP contribution is 2.26. The third-order valence-corrected chi connectivity index (χ3v) is 2.76. The molecule has 2 nitrogen and oxygen atoms in total. The normalized spacial score (nSPS) is 11.7. The highest BCUT2D eigenvalue weighted by Gasteiger charge is 2.31. The first-order valence-corrected chi connectivity index (χ1v) is 6.12. The SMILES string of the molecule is C=Cc1cc(CN(CC)CC)cc(OC(F)(F)F)c1. The lowest BCUT2D eigenvalue weighted by molar-refractivity contribution is -0.274. The molecule has 1 aromatic carbocycles. The molecule has 0 aliphatic heterocycles. The molecule has 0 aliphatic carbocycles. The van der Waals surface area contributed by atoms with Gasteiger partial charge in [0.05, 0.1) is 0 Å². The quantitative estimate of drug-likeness (QED) is 0.774. The Bertz CT molecular complexity index is 425. The molecule has 1 aromatic rings. The van der Waals surface area contributed by atoms with Gasteiger partial charge < -0.3 is 4.74 Å². The molecule has 0 aromatic heterocycles. The number of hydrogen-bond donors (Lipinski definition) is 0. The van der Waals surface area contributed by atoms with Crippen LogP contribution >= 0.6 is 0 Å². The molecular weight excluding hydrogens is 255 g/mol. The van der Waals surface area contributed by atoms with Crippen molar-refractivity contribution in [2.45, 2.75) is 26.8 Å². The van der Waals surface area contributed by atoms with Crippen molar-refractivity contribution >= 4 is 6.08 Å². The van der Waals surface area contributed by atoms with Crippen molar-refractivity contribution in [1.29, 1.82) is 0 Å². The summed E-state index contributed by atoms with van der Waals surface area (Å²) in [6.45, 7) is 9.86. The van der Waals surface area contributed by atoms with E-state index in [1.54, 1.807) is 0 Å². The van der Waals surface area contributed by atoms with Crippen LogP contribution in [0.4, 0.5) is 13.2 Å². The van der Waals surface area contributed by atoms with Crippen LogP contribution in [0.15, 0.2) is 24.8 Å². The fourth-order valence-electron chi connectivity index (χ4n) is 1.79. The van der Waals surface area contributed by atoms with Crippen LogP contribution in [0.25, 0.3) is 6.08 Å². The van der Waals surface area contributed by atoms with E-state index in [2.05, 4.69) is 16.2 Å². The molecular formula is C14H18F3NO. The van der Waals surface area contributed by atoms with Gasteiger partial charge in [-0.2, -0.15) is 0 Å². The van der Waals surface area contributed by atoms with E-state index in [4.69, 9.17) is 0 Å². The summed E-state index contributed by atoms with van der Waals surface area (Å²) in [6, 6.07) is 4.56. The molecule has 0 atom stereocenters. The average Bonchev–Trinajstić information content (AvgIpc) is 2.33. The minimum Gasteiger partial charge on any atom is -0.406 e. The second-order valence-electron chi connectivity index (χ2n) is 4.12. The Morgan fingerprint density at radius 2 is 1.84 bits per heavy atom. The third kappa shape index (κ3) is 5.34. The summed E-state index contributed by atoms with van der Waals surface area (Å²) in [6.07, 6.45) is -3.17. The Kier molecular flexibility index (Phi) is 5.42. The van der Waals surface area contributed by atoms with Crippen LogP contribution in [0.5, 0.6) is 5.75 Å². The van der Waals surface area contributed by atoms with Gasteiger partial charge in [0.2, 0.25) is 0 Å². The van der Waals surface area contributed by atoms with E-state index >= 15 is 0 Å². The molecule has 0 radical (unpaired) electrons. The predicted molar refractivity (Wildman–Crippen MR) is 69.8 cm³/mol. The van der Waals surface area contributed by atoms with Crippen molar-refractivity contribution in [2.24, 2.45) is 0 Å². The van der Waals surface area contributed by atoms with Crippen molar-refractivity contribution in [3.63, 3.8) is 0 Å². The molecule has 0 N–H and O–H groups in total. The third-order valence-electron chi connectivity index (χ3n) is 2.76. The zero-order chi connectivity index (χ0) is 14.5. The lowest BCUT2D eigenvalue weighted by atomic mass is 10.1. The lowest BCUT2D eigenvalue weighted by Crippen LogP contribution is -2.22. The molecule has 0 bridgehead atoms. The number of ether oxygens (including phenoxy) is 1. The zero-order valence-electron chi connectivity index (χ0n) is 11.1. The molecule has 19 heavy (non-hydrogen) atoms. The fourth-order valence-corrected chi connectivity index (χ4v) is 1.79. The molecule has 5 heteroatoms. The van der Waals surface area contributed by atoms with Crippen LogP contribution in [0, 0.1) is 0 Å². The number of alkyl halides is 3. The maximum absolute atomic E-state index is 12.2. The summed E-state index contributed by atoms with van der Waals surface area (Å²) in [5.74, 6) is -0.202. The highest BCUT2D eigenvalue weighted by molar-refractivity contribution is 5.51. The van der Waals surface area contributed by atoms with Crippen molar-refractivity contribution in [3.8, 4) is 5.75 Å². The topological polar surface area (TPSA) is 12.5 Å². The largest absolute Gasteiger partial charge is 0.573 e. The van der Waals surface area contributed by atoms with E-state index < -0.39 is 6.36 Å². The van der Waals surface area contributed by atoms with Gasteiger partial charge in [-0.3, -0.25) is 4.90 Å². The minimum atomic E-state index is -4.67. The predicted octanol–water partition coefficient (Wildman–Crippen LogP) is 4.07. The van der Waals surface area contributed by atoms with Gasteiger partial charge >= 0.3 is 6.36 Å². The van der Waals surface area contributed by atoms with Crippen LogP contribution in [0.2, 0.25) is 0 Å². The molecule has 0 spiro atoms. The van der Waals surface area contributed by atoms with E-state index in [0.29, 0.717) is 12.1 Å². The van der Waals surface area contributed by atoms with Gasteiger partial charge in [-0.25, -0.2) is 0 Å². The number of rotatable bonds is 6. The van der Waals surface area contributed by atoms with Gasteiger partial charge in [0.15, 0.2) is 0 Å². The maximum Gasteiger partial charge on any atom is 0.573 e. The Morgan fingerprint density at radius 1 is 1.21 bits per heavy atom. The second kappa shape index (κ2) is 6.61. The molecule has 0 aliphatic rings. The average molecular weight is 273 g/mol. The van der Waals surface area contributed by atoms with Gasteiger partial charge in [0.25, 0.3) is 0 Å². The first-order chi connectivity index (χ1) is 8.87. The molecule has 106 valence electrons. The zero-order valence-corrected chi connectivity index (χ0v) is 11.1. The second-order valence-corrected chi connectivity index (χ2v) is 4.12. The van der Waals surface area contributed by atoms with Gasteiger partial charge in [-0.15, -0.1) is 13.2 Å². The molecule has 0 heterocycles. The van der Waals surface area contributed by atoms with Crippen LogP contribution in [0.3, 0.4) is 0 Å². The van der Waals surface area contributed by atoms with E-state index in [1.807, 2.05) is 19.9 Å². The number of nitrogens with zero attached hydrogens (tertiary/aromatic N) is 1. The molecule has 0 amide bonds. The van der Waals surface area contributed by atoms with Crippen LogP contribution in [-0.2, 0) is 6.54 Å². The first-order valence-electron chi connectivity index (χ1n) is 6.12. The summed E-state index contributed by atoms with van der Waals surface area (Å²) in [7, 11) is 0. The fraction of sp³-hybridized carbons (Fsp3) is 0.429. The van der Waals surface area contributed by atoms with Crippen molar-refractivity contribution in [2.75, 3.05) is 13.1 Å². The summed E-state index contributed by atoms with van der Waals surface area (Å²) in [5, 5.41) is 0. The Balaban J connectivity index is 2.98. The Hall–Kier alpha value is -1.49. The van der Waals surface area contributed by atoms with Gasteiger partial charge in [-0.05, 0) is 36.3 Å². The summed E-state index contributed by atoms with van der Waals surface area (Å²) >= 11 is 0. The molecule has 0 unspecified atom stereocenters. The standard InChI is InChI=1S/C14H18F3NO/c1-4-11-7-12(10-18(5-2)6-3)9-13(8-11)19-14(15,16)17/h4,7-9H,1,5-6,10H2,2-3H3. The molecule has 1 rings (SSSR count). The summed E-state index contributed by atoms with van der Waals surface area (Å²) < 4.78 is 40.7. The van der Waals surface area contributed by atoms with Crippen molar-refractivity contribution in [1.82, 2.24) is 4.90 Å². The maximum atomic E-state index is 12.2. The monoisotopic (exact) mass is 273 g/mol. The summed E-state index contributed by atoms with van der Waals surface area (Å²) in [4.78, 5) is 2.11. The lowest BCUT2D eigenvalue weighted by Gasteiger charge is -2.19. The highest BCUT2D eigenvalue weighted by atomic mass is 19.4. The van der Waals surface area contributed by atoms with Crippen LogP contribution < -0.4 is 4.74 Å². The first kappa shape index (κ1) is 15.6. The number of benzene rings is 1. The Morgan fingerprint density at radius 3 is 2.32 bits per heavy atom. The molecule has 0 saturated heterocycles. The van der Waals surface area contributed by atoms with Gasteiger partial charge in [0, 0.05) is 6.54 Å². The summed E-state index contributed by atoms with van der Waals surface area (Å²) in [5.41, 5.74) is 1.39. The smallest absolute Gasteiger partial charge is 0.406 e. The molecule has 0 saturated carbocycles. The number of hydrogen-bond acceptors (Lipinski definition) is 2. The number of halogens is 3. The van der Waals surface area contributed by atoms with Gasteiger partial charge in [-0.1, -0.05) is 32.6 Å². The van der Waals surface area contributed by atoms with E-state index in [0.717, 1.165) is 18.7 Å².